The third kappa shape index (κ3) is 40.2. The van der Waals surface area contributed by atoms with Crippen LogP contribution < -0.4 is 0 Å². The molecule has 9 heteroatoms. The first-order valence-electron chi connectivity index (χ1n) is 21.6. The minimum atomic E-state index is -4.27. The van der Waals surface area contributed by atoms with Crippen molar-refractivity contribution in [1.82, 2.24) is 0 Å². The number of hydrogen-bond donors (Lipinski definition) is 1. The number of carbonyl (C=O) groups excluding carboxylic acids is 1. The summed E-state index contributed by atoms with van der Waals surface area (Å²) in [6.45, 7) is 5.61. The fourth-order valence-electron chi connectivity index (χ4n) is 5.88. The monoisotopic (exact) mass is 759 g/mol. The molecule has 0 radical (unpaired) electrons. The van der Waals surface area contributed by atoms with Gasteiger partial charge in [0.1, 0.15) is 19.3 Å². The number of nitrogens with zero attached hydrogens (tertiary/aromatic N) is 1. The van der Waals surface area contributed by atoms with Gasteiger partial charge in [-0.1, -0.05) is 160 Å². The molecule has 0 fully saturated rings. The van der Waals surface area contributed by atoms with Gasteiger partial charge in [-0.2, -0.15) is 0 Å². The molecule has 2 atom stereocenters. The first kappa shape index (κ1) is 51.0. The van der Waals surface area contributed by atoms with Crippen LogP contribution in [0.1, 0.15) is 187 Å². The molecular weight excluding hydrogens is 673 g/mol. The number of unbranched alkanes of at least 4 members (excludes halogenated alkanes) is 22. The molecule has 0 aromatic carbocycles. The lowest BCUT2D eigenvalue weighted by atomic mass is 10.1. The van der Waals surface area contributed by atoms with E-state index in [1.165, 1.54) is 128 Å². The summed E-state index contributed by atoms with van der Waals surface area (Å²) in [4.78, 5) is 22.8. The molecule has 0 amide bonds. The molecule has 0 aromatic rings. The summed E-state index contributed by atoms with van der Waals surface area (Å²) in [6, 6.07) is 0. The van der Waals surface area contributed by atoms with E-state index in [0.717, 1.165) is 38.5 Å². The molecule has 308 valence electrons. The van der Waals surface area contributed by atoms with E-state index < -0.39 is 13.9 Å². The van der Waals surface area contributed by atoms with Crippen LogP contribution in [0.15, 0.2) is 24.3 Å². The number of rotatable bonds is 40. The van der Waals surface area contributed by atoms with Crippen molar-refractivity contribution in [2.45, 2.75) is 193 Å². The number of likely N-dealkylation sites (N-methyl/N-ethyl adjacent to an activating group) is 1. The van der Waals surface area contributed by atoms with Crippen molar-refractivity contribution >= 4 is 13.8 Å². The van der Waals surface area contributed by atoms with E-state index >= 15 is 0 Å². The lowest BCUT2D eigenvalue weighted by Crippen LogP contribution is -2.37. The molecule has 0 bridgehead atoms. The van der Waals surface area contributed by atoms with Crippen LogP contribution in [0.3, 0.4) is 0 Å². The van der Waals surface area contributed by atoms with Crippen LogP contribution in [0.25, 0.3) is 0 Å². The van der Waals surface area contributed by atoms with Gasteiger partial charge in [0.15, 0.2) is 0 Å². The van der Waals surface area contributed by atoms with Crippen molar-refractivity contribution in [2.24, 2.45) is 0 Å². The molecule has 0 saturated carbocycles. The molecule has 0 aromatic heterocycles. The zero-order chi connectivity index (χ0) is 38.4. The van der Waals surface area contributed by atoms with E-state index in [1.54, 1.807) is 0 Å². The van der Waals surface area contributed by atoms with Crippen molar-refractivity contribution in [2.75, 3.05) is 54.1 Å². The number of ether oxygens (including phenoxy) is 2. The third-order valence-corrected chi connectivity index (χ3v) is 10.2. The van der Waals surface area contributed by atoms with Gasteiger partial charge in [0.05, 0.1) is 34.4 Å². The highest BCUT2D eigenvalue weighted by molar-refractivity contribution is 7.47. The SMILES string of the molecule is CCCCCCC/C=C\C/C=C\CCCCCCCCCCCC(=O)OC(COCCCCCCCCCCC)COP(=O)(O)OCC[N+](C)(C)C. The summed E-state index contributed by atoms with van der Waals surface area (Å²) in [5, 5.41) is 0. The molecular formula is C43H85NO7P+. The van der Waals surface area contributed by atoms with Gasteiger partial charge in [-0.15, -0.1) is 0 Å². The number of hydrogen-bond acceptors (Lipinski definition) is 6. The largest absolute Gasteiger partial charge is 0.472 e. The average Bonchev–Trinajstić information content (AvgIpc) is 3.09. The maximum atomic E-state index is 12.7. The summed E-state index contributed by atoms with van der Waals surface area (Å²) < 4.78 is 34.9. The van der Waals surface area contributed by atoms with Crippen LogP contribution in [-0.4, -0.2) is 75.6 Å². The van der Waals surface area contributed by atoms with Gasteiger partial charge in [0.2, 0.25) is 0 Å². The van der Waals surface area contributed by atoms with Crippen molar-refractivity contribution < 1.29 is 37.3 Å². The molecule has 0 aliphatic heterocycles. The molecule has 0 aliphatic rings. The Hall–Kier alpha value is -1.02. The fourth-order valence-corrected chi connectivity index (χ4v) is 6.62. The predicted molar refractivity (Wildman–Crippen MR) is 220 cm³/mol. The van der Waals surface area contributed by atoms with E-state index in [1.807, 2.05) is 21.1 Å². The van der Waals surface area contributed by atoms with Crippen LogP contribution in [0, 0.1) is 0 Å². The van der Waals surface area contributed by atoms with Gasteiger partial charge in [0, 0.05) is 13.0 Å². The lowest BCUT2D eigenvalue weighted by molar-refractivity contribution is -0.870. The standard InChI is InChI=1S/C43H84NO7P/c1-6-8-10-12-14-16-17-18-19-20-21-22-23-24-25-26-27-28-30-32-34-36-43(45)51-42(41-50-52(46,47)49-39-37-44(3,4)5)40-48-38-35-33-31-29-15-13-11-9-7-2/h17-18,20-21,42H,6-16,19,22-41H2,1-5H3/p+1/b18-17-,21-20-. The van der Waals surface area contributed by atoms with Gasteiger partial charge < -0.3 is 18.9 Å². The maximum Gasteiger partial charge on any atom is 0.472 e. The highest BCUT2D eigenvalue weighted by Crippen LogP contribution is 2.43. The molecule has 0 saturated heterocycles. The Labute approximate surface area is 322 Å². The first-order chi connectivity index (χ1) is 25.1. The normalized spacial score (nSPS) is 14.0. The second kappa shape index (κ2) is 36.9. The third-order valence-electron chi connectivity index (χ3n) is 9.27. The molecule has 2 unspecified atom stereocenters. The molecule has 0 spiro atoms. The van der Waals surface area contributed by atoms with Crippen molar-refractivity contribution in [3.63, 3.8) is 0 Å². The van der Waals surface area contributed by atoms with Gasteiger partial charge in [0.25, 0.3) is 0 Å². The van der Waals surface area contributed by atoms with Crippen molar-refractivity contribution in [1.29, 1.82) is 0 Å². The molecule has 52 heavy (non-hydrogen) atoms. The van der Waals surface area contributed by atoms with Gasteiger partial charge in [-0.05, 0) is 44.9 Å². The molecule has 0 heterocycles. The first-order valence-corrected chi connectivity index (χ1v) is 23.1. The van der Waals surface area contributed by atoms with E-state index in [-0.39, 0.29) is 25.8 Å². The number of quaternary nitrogens is 1. The predicted octanol–water partition coefficient (Wildman–Crippen LogP) is 12.4. The van der Waals surface area contributed by atoms with Crippen LogP contribution >= 0.6 is 7.82 Å². The van der Waals surface area contributed by atoms with Crippen LogP contribution in [0.4, 0.5) is 0 Å². The quantitative estimate of drug-likeness (QED) is 0.0219. The Bertz CT molecular complexity index is 889. The van der Waals surface area contributed by atoms with Crippen molar-refractivity contribution in [3.8, 4) is 0 Å². The Morgan fingerprint density at radius 2 is 1.06 bits per heavy atom. The molecule has 8 nitrogen and oxygen atoms in total. The fraction of sp³-hybridized carbons (Fsp3) is 0.884. The van der Waals surface area contributed by atoms with E-state index in [9.17, 15) is 14.3 Å². The number of carbonyl (C=O) groups is 1. The van der Waals surface area contributed by atoms with Crippen molar-refractivity contribution in [3.05, 3.63) is 24.3 Å². The topological polar surface area (TPSA) is 91.3 Å². The zero-order valence-corrected chi connectivity index (χ0v) is 35.7. The Balaban J connectivity index is 4.14. The Morgan fingerprint density at radius 1 is 0.596 bits per heavy atom. The smallest absolute Gasteiger partial charge is 0.457 e. The second-order valence-electron chi connectivity index (χ2n) is 15.7. The van der Waals surface area contributed by atoms with Crippen LogP contribution in [0.2, 0.25) is 0 Å². The number of phosphoric acid groups is 1. The van der Waals surface area contributed by atoms with E-state index in [2.05, 4.69) is 38.2 Å². The number of esters is 1. The van der Waals surface area contributed by atoms with Gasteiger partial charge >= 0.3 is 13.8 Å². The summed E-state index contributed by atoms with van der Waals surface area (Å²) in [7, 11) is 1.67. The van der Waals surface area contributed by atoms with E-state index in [4.69, 9.17) is 18.5 Å². The Kier molecular flexibility index (Phi) is 36.2. The average molecular weight is 759 g/mol. The summed E-state index contributed by atoms with van der Waals surface area (Å²) >= 11 is 0. The summed E-state index contributed by atoms with van der Waals surface area (Å²) in [5.41, 5.74) is 0. The molecule has 1 N–H and O–H groups in total. The zero-order valence-electron chi connectivity index (χ0n) is 34.8. The highest BCUT2D eigenvalue weighted by Gasteiger charge is 2.26. The van der Waals surface area contributed by atoms with Gasteiger partial charge in [-0.25, -0.2) is 4.57 Å². The Morgan fingerprint density at radius 3 is 1.56 bits per heavy atom. The minimum absolute atomic E-state index is 0.0894. The number of allylic oxidation sites excluding steroid dienone is 4. The number of phosphoric ester groups is 1. The molecule has 0 rings (SSSR count). The van der Waals surface area contributed by atoms with Crippen LogP contribution in [0.5, 0.6) is 0 Å². The van der Waals surface area contributed by atoms with E-state index in [0.29, 0.717) is 24.1 Å². The second-order valence-corrected chi connectivity index (χ2v) is 17.2. The molecule has 0 aliphatic carbocycles. The lowest BCUT2D eigenvalue weighted by Gasteiger charge is -2.24. The maximum absolute atomic E-state index is 12.7. The summed E-state index contributed by atoms with van der Waals surface area (Å²) in [6.07, 6.45) is 40.7. The minimum Gasteiger partial charge on any atom is -0.457 e. The van der Waals surface area contributed by atoms with Gasteiger partial charge in [-0.3, -0.25) is 13.8 Å². The summed E-state index contributed by atoms with van der Waals surface area (Å²) in [5.74, 6) is -0.318. The van der Waals surface area contributed by atoms with Crippen LogP contribution in [-0.2, 0) is 27.9 Å². The highest BCUT2D eigenvalue weighted by atomic mass is 31.2.